The molecule has 0 spiro atoms. The molecule has 8 nitrogen and oxygen atoms in total. The van der Waals surface area contributed by atoms with Crippen LogP contribution in [0.1, 0.15) is 33.6 Å². The lowest BCUT2D eigenvalue weighted by Crippen LogP contribution is -2.51. The largest absolute Gasteiger partial charge is 0.469 e. The molecule has 0 aromatic heterocycles. The molecule has 26 heavy (non-hydrogen) atoms. The Morgan fingerprint density at radius 1 is 1.31 bits per heavy atom. The molecular formula is C17H21FN2O6. The van der Waals surface area contributed by atoms with E-state index in [1.807, 2.05) is 0 Å². The fourth-order valence-corrected chi connectivity index (χ4v) is 2.72. The second-order valence-electron chi connectivity index (χ2n) is 7.09. The molecule has 0 N–H and O–H groups in total. The Balaban J connectivity index is 2.31. The van der Waals surface area contributed by atoms with Crippen molar-refractivity contribution in [3.63, 3.8) is 0 Å². The lowest BCUT2D eigenvalue weighted by atomic mass is 9.79. The molecule has 0 saturated heterocycles. The highest BCUT2D eigenvalue weighted by Gasteiger charge is 2.43. The number of non-ortho nitro benzene ring substituents is 1. The smallest absolute Gasteiger partial charge is 0.415 e. The number of nitrogens with zero attached hydrogens (tertiary/aromatic N) is 2. The van der Waals surface area contributed by atoms with Gasteiger partial charge in [-0.05, 0) is 39.7 Å². The van der Waals surface area contributed by atoms with Crippen LogP contribution in [0.3, 0.4) is 0 Å². The number of amides is 1. The number of benzene rings is 1. The van der Waals surface area contributed by atoms with Crippen LogP contribution in [-0.4, -0.2) is 35.7 Å². The maximum absolute atomic E-state index is 14.5. The van der Waals surface area contributed by atoms with Gasteiger partial charge in [0.15, 0.2) is 5.82 Å². The highest BCUT2D eigenvalue weighted by molar-refractivity contribution is 5.90. The number of carbonyl (C=O) groups excluding carboxylic acids is 2. The zero-order chi connectivity index (χ0) is 19.6. The summed E-state index contributed by atoms with van der Waals surface area (Å²) in [5.41, 5.74) is -1.35. The fourth-order valence-electron chi connectivity index (χ4n) is 2.72. The van der Waals surface area contributed by atoms with Gasteiger partial charge in [-0.1, -0.05) is 0 Å². The van der Waals surface area contributed by atoms with Crippen molar-refractivity contribution in [2.75, 3.05) is 12.0 Å². The predicted molar refractivity (Wildman–Crippen MR) is 90.3 cm³/mol. The van der Waals surface area contributed by atoms with Crippen molar-refractivity contribution in [2.45, 2.75) is 45.3 Å². The van der Waals surface area contributed by atoms with E-state index in [0.29, 0.717) is 12.8 Å². The number of anilines is 1. The van der Waals surface area contributed by atoms with Gasteiger partial charge in [0.2, 0.25) is 0 Å². The predicted octanol–water partition coefficient (Wildman–Crippen LogP) is 3.43. The van der Waals surface area contributed by atoms with Crippen LogP contribution in [0.2, 0.25) is 0 Å². The Labute approximate surface area is 150 Å². The van der Waals surface area contributed by atoms with Crippen molar-refractivity contribution in [1.82, 2.24) is 0 Å². The van der Waals surface area contributed by atoms with E-state index < -0.39 is 40.1 Å². The van der Waals surface area contributed by atoms with Crippen molar-refractivity contribution in [2.24, 2.45) is 5.92 Å². The summed E-state index contributed by atoms with van der Waals surface area (Å²) in [6, 6.07) is 2.57. The Hall–Kier alpha value is -2.71. The van der Waals surface area contributed by atoms with E-state index in [-0.39, 0.29) is 11.6 Å². The first kappa shape index (κ1) is 19.6. The second kappa shape index (κ2) is 7.27. The van der Waals surface area contributed by atoms with E-state index in [0.717, 1.165) is 17.0 Å². The number of ether oxygens (including phenoxy) is 2. The Morgan fingerprint density at radius 2 is 1.92 bits per heavy atom. The highest BCUT2D eigenvalue weighted by Crippen LogP contribution is 2.38. The van der Waals surface area contributed by atoms with Crippen LogP contribution >= 0.6 is 0 Å². The summed E-state index contributed by atoms with van der Waals surface area (Å²) in [6.07, 6.45) is -0.191. The van der Waals surface area contributed by atoms with Gasteiger partial charge in [-0.15, -0.1) is 0 Å². The number of rotatable bonds is 4. The molecule has 0 bridgehead atoms. The normalized spacial score (nSPS) is 19.3. The van der Waals surface area contributed by atoms with Crippen LogP contribution in [0.5, 0.6) is 0 Å². The summed E-state index contributed by atoms with van der Waals surface area (Å²) in [7, 11) is 1.28. The summed E-state index contributed by atoms with van der Waals surface area (Å²) in [4.78, 5) is 35.4. The Kier molecular flexibility index (Phi) is 5.48. The SMILES string of the molecule is COC(=O)C1CC(N(C(=O)OC(C)(C)C)c2ccc([N+](=O)[O-])cc2F)C1. The first-order valence-electron chi connectivity index (χ1n) is 8.07. The van der Waals surface area contributed by atoms with Gasteiger partial charge in [-0.3, -0.25) is 19.8 Å². The Morgan fingerprint density at radius 3 is 2.38 bits per heavy atom. The third-order valence-electron chi connectivity index (χ3n) is 4.00. The highest BCUT2D eigenvalue weighted by atomic mass is 19.1. The number of methoxy groups -OCH3 is 1. The van der Waals surface area contributed by atoms with Crippen molar-refractivity contribution < 1.29 is 28.4 Å². The molecule has 0 radical (unpaired) electrons. The summed E-state index contributed by atoms with van der Waals surface area (Å²) >= 11 is 0. The molecule has 2 rings (SSSR count). The maximum atomic E-state index is 14.5. The quantitative estimate of drug-likeness (QED) is 0.459. The van der Waals surface area contributed by atoms with Crippen molar-refractivity contribution in [1.29, 1.82) is 0 Å². The minimum Gasteiger partial charge on any atom is -0.469 e. The van der Waals surface area contributed by atoms with E-state index >= 15 is 0 Å². The zero-order valence-electron chi connectivity index (χ0n) is 15.0. The molecule has 0 aliphatic heterocycles. The summed E-state index contributed by atoms with van der Waals surface area (Å²) in [6.45, 7) is 5.02. The molecule has 1 aromatic rings. The number of carbonyl (C=O) groups is 2. The van der Waals surface area contributed by atoms with Crippen LogP contribution in [0.15, 0.2) is 18.2 Å². The topological polar surface area (TPSA) is 99.0 Å². The monoisotopic (exact) mass is 368 g/mol. The number of esters is 1. The van der Waals surface area contributed by atoms with Gasteiger partial charge in [0.25, 0.3) is 5.69 Å². The molecule has 0 unspecified atom stereocenters. The summed E-state index contributed by atoms with van der Waals surface area (Å²) in [5.74, 6) is -1.68. The van der Waals surface area contributed by atoms with Crippen LogP contribution in [0, 0.1) is 21.8 Å². The minimum atomic E-state index is -0.911. The van der Waals surface area contributed by atoms with Crippen molar-refractivity contribution in [3.05, 3.63) is 34.1 Å². The molecule has 142 valence electrons. The first-order chi connectivity index (χ1) is 12.0. The van der Waals surface area contributed by atoms with Crippen LogP contribution in [0.4, 0.5) is 20.6 Å². The van der Waals surface area contributed by atoms with Crippen LogP contribution in [0.25, 0.3) is 0 Å². The molecule has 1 aliphatic carbocycles. The summed E-state index contributed by atoms with van der Waals surface area (Å²) < 4.78 is 24.5. The van der Waals surface area contributed by atoms with Crippen LogP contribution < -0.4 is 4.90 Å². The lowest BCUT2D eigenvalue weighted by Gasteiger charge is -2.41. The molecule has 9 heteroatoms. The number of nitro groups is 1. The van der Waals surface area contributed by atoms with E-state index in [4.69, 9.17) is 4.74 Å². The minimum absolute atomic E-state index is 0.127. The summed E-state index contributed by atoms with van der Waals surface area (Å²) in [5, 5.41) is 10.8. The van der Waals surface area contributed by atoms with Gasteiger partial charge in [0, 0.05) is 12.1 Å². The van der Waals surface area contributed by atoms with E-state index in [9.17, 15) is 24.1 Å². The van der Waals surface area contributed by atoms with Crippen LogP contribution in [-0.2, 0) is 14.3 Å². The Bertz CT molecular complexity index is 724. The molecule has 0 atom stereocenters. The zero-order valence-corrected chi connectivity index (χ0v) is 15.0. The van der Waals surface area contributed by atoms with Gasteiger partial charge in [0.05, 0.1) is 29.7 Å². The molecule has 1 aliphatic rings. The number of halogens is 1. The van der Waals surface area contributed by atoms with Crippen molar-refractivity contribution >= 4 is 23.4 Å². The third kappa shape index (κ3) is 4.27. The van der Waals surface area contributed by atoms with E-state index in [1.54, 1.807) is 20.8 Å². The van der Waals surface area contributed by atoms with Gasteiger partial charge >= 0.3 is 12.1 Å². The van der Waals surface area contributed by atoms with Gasteiger partial charge in [0.1, 0.15) is 5.60 Å². The molecule has 1 saturated carbocycles. The molecule has 1 fully saturated rings. The average Bonchev–Trinajstić information content (AvgIpc) is 2.48. The molecular weight excluding hydrogens is 347 g/mol. The number of hydrogen-bond donors (Lipinski definition) is 0. The fraction of sp³-hybridized carbons (Fsp3) is 0.529. The molecule has 0 heterocycles. The van der Waals surface area contributed by atoms with Crippen molar-refractivity contribution in [3.8, 4) is 0 Å². The van der Waals surface area contributed by atoms with Gasteiger partial charge < -0.3 is 9.47 Å². The third-order valence-corrected chi connectivity index (χ3v) is 4.00. The second-order valence-corrected chi connectivity index (χ2v) is 7.09. The number of nitro benzene ring substituents is 1. The lowest BCUT2D eigenvalue weighted by molar-refractivity contribution is -0.385. The number of hydrogen-bond acceptors (Lipinski definition) is 6. The maximum Gasteiger partial charge on any atom is 0.415 e. The molecule has 1 amide bonds. The van der Waals surface area contributed by atoms with Gasteiger partial charge in [-0.2, -0.15) is 0 Å². The van der Waals surface area contributed by atoms with Gasteiger partial charge in [-0.25, -0.2) is 9.18 Å². The first-order valence-corrected chi connectivity index (χ1v) is 8.07. The van der Waals surface area contributed by atoms with E-state index in [1.165, 1.54) is 13.2 Å². The standard InChI is InChI=1S/C17H21FN2O6/c1-17(2,3)26-16(22)19(12-7-10(8-12)15(21)25-4)14-6-5-11(20(23)24)9-13(14)18/h5-6,9-10,12H,7-8H2,1-4H3. The molecule has 1 aromatic carbocycles. The average molecular weight is 368 g/mol. The van der Waals surface area contributed by atoms with E-state index in [2.05, 4.69) is 4.74 Å².